The van der Waals surface area contributed by atoms with Gasteiger partial charge in [-0.3, -0.25) is 0 Å². The number of benzene rings is 1. The van der Waals surface area contributed by atoms with Crippen molar-refractivity contribution >= 4 is 45.1 Å². The van der Waals surface area contributed by atoms with Crippen LogP contribution in [0.1, 0.15) is 11.3 Å². The quantitative estimate of drug-likeness (QED) is 0.339. The van der Waals surface area contributed by atoms with E-state index >= 15 is 0 Å². The fourth-order valence-corrected chi connectivity index (χ4v) is 3.80. The van der Waals surface area contributed by atoms with Gasteiger partial charge >= 0.3 is 11.8 Å². The first-order chi connectivity index (χ1) is 13.6. The van der Waals surface area contributed by atoms with Gasteiger partial charge in [0, 0.05) is 16.0 Å². The van der Waals surface area contributed by atoms with Crippen molar-refractivity contribution in [2.75, 3.05) is 0 Å². The highest BCUT2D eigenvalue weighted by molar-refractivity contribution is 14.1. The number of alkyl halides is 3. The summed E-state index contributed by atoms with van der Waals surface area (Å²) in [6.45, 7) is 1.71. The fourth-order valence-electron chi connectivity index (χ4n) is 2.82. The van der Waals surface area contributed by atoms with Crippen LogP contribution in [-0.2, 0) is 6.18 Å². The molecular formula is C18H9ClF3IN4O2. The number of hydrogen-bond donors (Lipinski definition) is 0. The lowest BCUT2D eigenvalue weighted by Gasteiger charge is -2.06. The van der Waals surface area contributed by atoms with Crippen molar-refractivity contribution in [3.8, 4) is 17.3 Å². The molecule has 3 heterocycles. The van der Waals surface area contributed by atoms with Gasteiger partial charge in [-0.2, -0.15) is 18.3 Å². The highest BCUT2D eigenvalue weighted by Crippen LogP contribution is 2.36. The number of nitrogens with zero attached hydrogens (tertiary/aromatic N) is 4. The smallest absolute Gasteiger partial charge is 0.403 e. The molecule has 4 rings (SSSR count). The number of aromatic nitrogens is 4. The van der Waals surface area contributed by atoms with Crippen LogP contribution in [0.2, 0.25) is 5.02 Å². The van der Waals surface area contributed by atoms with E-state index in [2.05, 4.69) is 15.1 Å². The zero-order valence-electron chi connectivity index (χ0n) is 14.5. The molecule has 0 aliphatic heterocycles. The van der Waals surface area contributed by atoms with Crippen molar-refractivity contribution in [2.24, 2.45) is 0 Å². The Labute approximate surface area is 179 Å². The Bertz CT molecular complexity index is 1320. The molecule has 0 atom stereocenters. The molecule has 11 heteroatoms. The second-order valence-corrected chi connectivity index (χ2v) is 7.72. The number of fused-ring (bicyclic) bond motifs is 1. The maximum atomic E-state index is 13.6. The molecule has 0 spiro atoms. The molecule has 6 nitrogen and oxygen atoms in total. The zero-order valence-corrected chi connectivity index (χ0v) is 17.4. The molecule has 1 aromatic carbocycles. The molecule has 0 saturated heterocycles. The Morgan fingerprint density at radius 2 is 2.03 bits per heavy atom. The zero-order chi connectivity index (χ0) is 20.9. The summed E-state index contributed by atoms with van der Waals surface area (Å²) in [6.07, 6.45) is -2.41. The van der Waals surface area contributed by atoms with Crippen molar-refractivity contribution in [3.63, 3.8) is 0 Å². The van der Waals surface area contributed by atoms with Crippen molar-refractivity contribution in [1.29, 1.82) is 0 Å². The van der Waals surface area contributed by atoms with E-state index < -0.39 is 28.9 Å². The highest BCUT2D eigenvalue weighted by Gasteiger charge is 2.39. The lowest BCUT2D eigenvalue weighted by Crippen LogP contribution is -2.10. The first kappa shape index (κ1) is 19.8. The van der Waals surface area contributed by atoms with Gasteiger partial charge in [-0.15, -0.1) is 0 Å². The number of aryl methyl sites for hydroxylation is 1. The Morgan fingerprint density at radius 3 is 2.72 bits per heavy atom. The summed E-state index contributed by atoms with van der Waals surface area (Å²) in [5, 5.41) is 3.87. The first-order valence-corrected chi connectivity index (χ1v) is 9.50. The van der Waals surface area contributed by atoms with Crippen LogP contribution in [0, 0.1) is 10.5 Å². The average molecular weight is 533 g/mol. The minimum absolute atomic E-state index is 0.000197. The van der Waals surface area contributed by atoms with E-state index in [9.17, 15) is 18.0 Å². The molecule has 0 aliphatic rings. The first-order valence-electron chi connectivity index (χ1n) is 8.04. The van der Waals surface area contributed by atoms with Gasteiger partial charge in [-0.25, -0.2) is 19.4 Å². The molecule has 0 N–H and O–H groups in total. The van der Waals surface area contributed by atoms with Crippen LogP contribution in [0.15, 0.2) is 45.9 Å². The van der Waals surface area contributed by atoms with Gasteiger partial charge in [0.15, 0.2) is 11.5 Å². The molecule has 148 valence electrons. The third-order valence-corrected chi connectivity index (χ3v) is 4.97. The topological polar surface area (TPSA) is 73.8 Å². The standard InChI is InChI=1S/C18H9ClF3IN4O2/c1-8-5-9(23)6-10-13(8)25-16(29-17(10)28)11-7-27(26-14(11)18(20,21)22)15-12(19)3-2-4-24-15/h2-7H,1H3. The fraction of sp³-hybridized carbons (Fsp3) is 0.111. The predicted molar refractivity (Wildman–Crippen MR) is 108 cm³/mol. The Morgan fingerprint density at radius 1 is 1.28 bits per heavy atom. The van der Waals surface area contributed by atoms with Crippen LogP contribution < -0.4 is 5.63 Å². The number of rotatable bonds is 2. The summed E-state index contributed by atoms with van der Waals surface area (Å²) in [4.78, 5) is 20.5. The number of pyridine rings is 1. The molecule has 0 bridgehead atoms. The van der Waals surface area contributed by atoms with E-state index in [0.717, 1.165) is 14.4 Å². The SMILES string of the molecule is Cc1cc(I)cc2c(=O)oc(-c3cn(-c4ncccc4Cl)nc3C(F)(F)F)nc12. The highest BCUT2D eigenvalue weighted by atomic mass is 127. The summed E-state index contributed by atoms with van der Waals surface area (Å²) in [5.41, 5.74) is -1.65. The van der Waals surface area contributed by atoms with Crippen molar-refractivity contribution in [1.82, 2.24) is 19.7 Å². The molecule has 0 aliphatic carbocycles. The van der Waals surface area contributed by atoms with Crippen molar-refractivity contribution < 1.29 is 17.6 Å². The third-order valence-electron chi connectivity index (χ3n) is 4.06. The van der Waals surface area contributed by atoms with Gasteiger partial charge in [0.2, 0.25) is 5.89 Å². The average Bonchev–Trinajstić information content (AvgIpc) is 3.08. The summed E-state index contributed by atoms with van der Waals surface area (Å²) >= 11 is 8.05. The van der Waals surface area contributed by atoms with Crippen LogP contribution in [-0.4, -0.2) is 19.7 Å². The van der Waals surface area contributed by atoms with Crippen molar-refractivity contribution in [3.05, 3.63) is 66.9 Å². The van der Waals surface area contributed by atoms with Gasteiger partial charge in [0.1, 0.15) is 0 Å². The lowest BCUT2D eigenvalue weighted by atomic mass is 10.1. The van der Waals surface area contributed by atoms with Gasteiger partial charge in [-0.05, 0) is 59.3 Å². The minimum Gasteiger partial charge on any atom is -0.403 e. The molecule has 0 unspecified atom stereocenters. The molecule has 0 saturated carbocycles. The van der Waals surface area contributed by atoms with Crippen molar-refractivity contribution in [2.45, 2.75) is 13.1 Å². The predicted octanol–water partition coefficient (Wildman–Crippen LogP) is 5.02. The van der Waals surface area contributed by atoms with Crippen LogP contribution in [0.25, 0.3) is 28.2 Å². The second-order valence-electron chi connectivity index (χ2n) is 6.07. The molecule has 0 radical (unpaired) electrons. The molecule has 0 fully saturated rings. The van der Waals surface area contributed by atoms with Gasteiger partial charge in [0.05, 0.1) is 21.5 Å². The summed E-state index contributed by atoms with van der Waals surface area (Å²) < 4.78 is 47.7. The molecule has 0 amide bonds. The van der Waals surface area contributed by atoms with Gasteiger partial charge < -0.3 is 4.42 Å². The van der Waals surface area contributed by atoms with E-state index in [0.29, 0.717) is 5.56 Å². The summed E-state index contributed by atoms with van der Waals surface area (Å²) in [6, 6.07) is 6.33. The van der Waals surface area contributed by atoms with E-state index in [1.807, 2.05) is 22.6 Å². The maximum Gasteiger partial charge on any atom is 0.435 e. The van der Waals surface area contributed by atoms with E-state index in [1.165, 1.54) is 18.3 Å². The Balaban J connectivity index is 2.00. The molecule has 4 aromatic rings. The van der Waals surface area contributed by atoms with Crippen LogP contribution in [0.4, 0.5) is 13.2 Å². The normalized spacial score (nSPS) is 11.9. The summed E-state index contributed by atoms with van der Waals surface area (Å²) in [5.74, 6) is -0.489. The van der Waals surface area contributed by atoms with Crippen LogP contribution in [0.5, 0.6) is 0 Å². The van der Waals surface area contributed by atoms with E-state index in [1.54, 1.807) is 19.1 Å². The molecular weight excluding hydrogens is 524 g/mol. The minimum atomic E-state index is -4.82. The van der Waals surface area contributed by atoms with Crippen LogP contribution >= 0.6 is 34.2 Å². The molecule has 29 heavy (non-hydrogen) atoms. The molecule has 3 aromatic heterocycles. The van der Waals surface area contributed by atoms with E-state index in [4.69, 9.17) is 16.0 Å². The monoisotopic (exact) mass is 532 g/mol. The van der Waals surface area contributed by atoms with Gasteiger partial charge in [0.25, 0.3) is 0 Å². The van der Waals surface area contributed by atoms with Crippen LogP contribution in [0.3, 0.4) is 0 Å². The largest absolute Gasteiger partial charge is 0.435 e. The Kier molecular flexibility index (Phi) is 4.85. The second kappa shape index (κ2) is 7.10. The number of halogens is 5. The van der Waals surface area contributed by atoms with Gasteiger partial charge in [-0.1, -0.05) is 11.6 Å². The third kappa shape index (κ3) is 3.62. The summed E-state index contributed by atoms with van der Waals surface area (Å²) in [7, 11) is 0. The maximum absolute atomic E-state index is 13.6. The van der Waals surface area contributed by atoms with E-state index in [-0.39, 0.29) is 21.7 Å². The number of hydrogen-bond acceptors (Lipinski definition) is 5. The Hall–Kier alpha value is -2.47. The lowest BCUT2D eigenvalue weighted by molar-refractivity contribution is -0.140.